The molecule has 70 valence electrons. The van der Waals surface area contributed by atoms with Crippen LogP contribution in [-0.4, -0.2) is 9.97 Å². The van der Waals surface area contributed by atoms with E-state index in [1.807, 2.05) is 24.3 Å². The molecular formula is C10H6Br2N2. The fraction of sp³-hybridized carbons (Fsp3) is 0. The number of rotatable bonds is 1. The number of benzene rings is 1. The summed E-state index contributed by atoms with van der Waals surface area (Å²) in [4.78, 5) is 7.93. The molecule has 1 aromatic heterocycles. The molecule has 0 atom stereocenters. The van der Waals surface area contributed by atoms with Gasteiger partial charge in [0.2, 0.25) is 0 Å². The van der Waals surface area contributed by atoms with Gasteiger partial charge < -0.3 is 0 Å². The monoisotopic (exact) mass is 314 g/mol. The van der Waals surface area contributed by atoms with E-state index < -0.39 is 0 Å². The van der Waals surface area contributed by atoms with Gasteiger partial charge in [-0.15, -0.1) is 0 Å². The lowest BCUT2D eigenvalue weighted by atomic mass is 10.2. The Labute approximate surface area is 101 Å². The van der Waals surface area contributed by atoms with Crippen molar-refractivity contribution in [3.8, 4) is 11.3 Å². The summed E-state index contributed by atoms with van der Waals surface area (Å²) in [6, 6.07) is 7.47. The Balaban J connectivity index is 2.60. The van der Waals surface area contributed by atoms with E-state index in [9.17, 15) is 0 Å². The van der Waals surface area contributed by atoms with Gasteiger partial charge in [-0.1, -0.05) is 28.1 Å². The first-order valence-electron chi connectivity index (χ1n) is 4.84. The minimum absolute atomic E-state index is 0.00583. The number of nitrogens with zero attached hydrogens (tertiary/aromatic N) is 2. The van der Waals surface area contributed by atoms with Crippen LogP contribution < -0.4 is 0 Å². The zero-order chi connectivity index (χ0) is 11.7. The van der Waals surface area contributed by atoms with Gasteiger partial charge in [-0.05, 0) is 28.1 Å². The largest absolute Gasteiger partial charge is 0.260 e. The summed E-state index contributed by atoms with van der Waals surface area (Å²) < 4.78 is 16.4. The number of hydrogen-bond acceptors (Lipinski definition) is 2. The molecule has 0 saturated carbocycles. The molecule has 1 heterocycles. The van der Waals surface area contributed by atoms with Crippen LogP contribution in [0.4, 0.5) is 0 Å². The van der Waals surface area contributed by atoms with Crippen molar-refractivity contribution in [2.45, 2.75) is 0 Å². The Morgan fingerprint density at radius 1 is 1.21 bits per heavy atom. The van der Waals surface area contributed by atoms with Crippen molar-refractivity contribution in [1.29, 1.82) is 0 Å². The van der Waals surface area contributed by atoms with Crippen LogP contribution in [0.15, 0.2) is 45.7 Å². The van der Waals surface area contributed by atoms with Crippen LogP contribution in [0, 0.1) is 0 Å². The van der Waals surface area contributed by atoms with Crippen molar-refractivity contribution in [1.82, 2.24) is 9.97 Å². The molecule has 0 bridgehead atoms. The Hall–Kier alpha value is -0.740. The molecule has 14 heavy (non-hydrogen) atoms. The first-order valence-corrected chi connectivity index (χ1v) is 5.43. The molecule has 0 saturated heterocycles. The van der Waals surface area contributed by atoms with Crippen LogP contribution >= 0.6 is 31.9 Å². The molecule has 0 aliphatic heterocycles. The van der Waals surface area contributed by atoms with E-state index in [-0.39, 0.29) is 12.3 Å². The third-order valence-corrected chi connectivity index (χ3v) is 2.47. The summed E-state index contributed by atoms with van der Waals surface area (Å²) in [7, 11) is 0. The minimum Gasteiger partial charge on any atom is -0.260 e. The van der Waals surface area contributed by atoms with Gasteiger partial charge in [0.15, 0.2) is 0 Å². The predicted octanol–water partition coefficient (Wildman–Crippen LogP) is 3.67. The number of halogens is 2. The maximum atomic E-state index is 7.69. The maximum Gasteiger partial charge on any atom is 0.125 e. The van der Waals surface area contributed by atoms with Gasteiger partial charge in [0.05, 0.1) is 20.8 Å². The molecule has 0 fully saturated rings. The maximum absolute atomic E-state index is 7.69. The van der Waals surface area contributed by atoms with Crippen molar-refractivity contribution >= 4 is 31.9 Å². The van der Waals surface area contributed by atoms with Gasteiger partial charge in [0, 0.05) is 10.0 Å². The van der Waals surface area contributed by atoms with Gasteiger partial charge in [-0.2, -0.15) is 0 Å². The lowest BCUT2D eigenvalue weighted by Gasteiger charge is -2.00. The predicted molar refractivity (Wildman–Crippen MR) is 62.9 cm³/mol. The molecule has 4 heteroatoms. The van der Waals surface area contributed by atoms with Gasteiger partial charge in [-0.3, -0.25) is 4.98 Å². The van der Waals surface area contributed by atoms with E-state index in [4.69, 9.17) is 2.74 Å². The average Bonchev–Trinajstić information content (AvgIpc) is 2.23. The second kappa shape index (κ2) is 4.19. The molecule has 2 aromatic rings. The van der Waals surface area contributed by atoms with Gasteiger partial charge in [-0.25, -0.2) is 4.98 Å². The first kappa shape index (κ1) is 7.54. The van der Waals surface area contributed by atoms with Crippen LogP contribution in [0.1, 0.15) is 2.74 Å². The van der Waals surface area contributed by atoms with E-state index in [0.29, 0.717) is 10.3 Å². The van der Waals surface area contributed by atoms with Crippen molar-refractivity contribution in [3.63, 3.8) is 0 Å². The van der Waals surface area contributed by atoms with Crippen LogP contribution in [0.2, 0.25) is 0 Å². The fourth-order valence-electron chi connectivity index (χ4n) is 1.04. The van der Waals surface area contributed by atoms with E-state index in [0.717, 1.165) is 10.0 Å². The highest BCUT2D eigenvalue weighted by molar-refractivity contribution is 9.10. The molecule has 1 aromatic carbocycles. The third kappa shape index (κ3) is 2.19. The van der Waals surface area contributed by atoms with Crippen molar-refractivity contribution in [3.05, 3.63) is 45.7 Å². The third-order valence-electron chi connectivity index (χ3n) is 1.62. The van der Waals surface area contributed by atoms with Gasteiger partial charge >= 0.3 is 0 Å². The topological polar surface area (TPSA) is 25.8 Å². The second-order valence-electron chi connectivity index (χ2n) is 2.60. The molecule has 0 spiro atoms. The van der Waals surface area contributed by atoms with Crippen LogP contribution in [0.25, 0.3) is 11.3 Å². The zero-order valence-corrected chi connectivity index (χ0v) is 10.1. The summed E-state index contributed by atoms with van der Waals surface area (Å²) >= 11 is 6.50. The molecule has 0 unspecified atom stereocenters. The highest BCUT2D eigenvalue weighted by Gasteiger charge is 2.00. The molecule has 2 rings (SSSR count). The molecular weight excluding hydrogens is 308 g/mol. The average molecular weight is 316 g/mol. The fourth-order valence-corrected chi connectivity index (χ4v) is 1.71. The highest BCUT2D eigenvalue weighted by atomic mass is 79.9. The SMILES string of the molecule is [2H]c1nc([2H])c(-c2cccc(Br)c2)nc1Br. The molecule has 0 radical (unpaired) electrons. The summed E-state index contributed by atoms with van der Waals surface area (Å²) in [5.41, 5.74) is 1.26. The molecule has 2 nitrogen and oxygen atoms in total. The van der Waals surface area contributed by atoms with E-state index >= 15 is 0 Å². The molecule has 0 amide bonds. The number of hydrogen-bond donors (Lipinski definition) is 0. The summed E-state index contributed by atoms with van der Waals surface area (Å²) in [5.74, 6) is 0. The Kier molecular flexibility index (Phi) is 2.26. The second-order valence-corrected chi connectivity index (χ2v) is 4.26. The van der Waals surface area contributed by atoms with Crippen LogP contribution in [0.3, 0.4) is 0 Å². The van der Waals surface area contributed by atoms with Crippen LogP contribution in [0.5, 0.6) is 0 Å². The smallest absolute Gasteiger partial charge is 0.125 e. The van der Waals surface area contributed by atoms with Crippen molar-refractivity contribution in [2.24, 2.45) is 0 Å². The lowest BCUT2D eigenvalue weighted by Crippen LogP contribution is -1.85. The number of aromatic nitrogens is 2. The minimum atomic E-state index is -0.0243. The van der Waals surface area contributed by atoms with E-state index in [2.05, 4.69) is 41.8 Å². The summed E-state index contributed by atoms with van der Waals surface area (Å²) in [6.45, 7) is 0. The van der Waals surface area contributed by atoms with Gasteiger partial charge in [0.25, 0.3) is 0 Å². The zero-order valence-electron chi connectivity index (χ0n) is 8.96. The van der Waals surface area contributed by atoms with Gasteiger partial charge in [0.1, 0.15) is 4.60 Å². The molecule has 0 aliphatic carbocycles. The first-order chi connectivity index (χ1) is 7.58. The van der Waals surface area contributed by atoms with E-state index in [1.165, 1.54) is 0 Å². The van der Waals surface area contributed by atoms with Crippen molar-refractivity contribution < 1.29 is 2.74 Å². The van der Waals surface area contributed by atoms with E-state index in [1.54, 1.807) is 0 Å². The normalized spacial score (nSPS) is 12.1. The standard InChI is InChI=1S/C10H6Br2N2/c11-8-3-1-2-7(4-8)9-5-13-6-10(12)14-9/h1-6H/i5D,6D. The Morgan fingerprint density at radius 3 is 2.86 bits per heavy atom. The highest BCUT2D eigenvalue weighted by Crippen LogP contribution is 2.21. The summed E-state index contributed by atoms with van der Waals surface area (Å²) in [5, 5.41) is 0. The molecule has 0 N–H and O–H groups in total. The summed E-state index contributed by atoms with van der Waals surface area (Å²) in [6.07, 6.45) is -0.0185. The Bertz CT molecular complexity index is 546. The Morgan fingerprint density at radius 2 is 2.07 bits per heavy atom. The van der Waals surface area contributed by atoms with Crippen LogP contribution in [-0.2, 0) is 0 Å². The molecule has 0 aliphatic rings. The van der Waals surface area contributed by atoms with Crippen molar-refractivity contribution in [2.75, 3.05) is 0 Å². The lowest BCUT2D eigenvalue weighted by molar-refractivity contribution is 1.17. The quantitative estimate of drug-likeness (QED) is 0.802.